The number of likely N-dealkylation sites (tertiary alicyclic amines) is 1. The summed E-state index contributed by atoms with van der Waals surface area (Å²) in [5.41, 5.74) is 15.8. The number of aliphatic imine (C=N–C) groups is 2. The minimum Gasteiger partial charge on any atom is -0.362 e. The molecule has 5 heteroatoms. The molecule has 1 aliphatic heterocycles. The molecule has 0 saturated carbocycles. The van der Waals surface area contributed by atoms with E-state index in [0.717, 1.165) is 50.1 Å². The van der Waals surface area contributed by atoms with Gasteiger partial charge in [0.15, 0.2) is 0 Å². The molecule has 0 aromatic heterocycles. The average Bonchev–Trinajstić information content (AvgIpc) is 2.67. The Morgan fingerprint density at radius 1 is 1.19 bits per heavy atom. The van der Waals surface area contributed by atoms with Crippen molar-refractivity contribution in [3.05, 3.63) is 72.6 Å². The van der Waals surface area contributed by atoms with Gasteiger partial charge in [-0.05, 0) is 55.0 Å². The summed E-state index contributed by atoms with van der Waals surface area (Å²) in [6.07, 6.45) is 10.6. The number of nitrogens with two attached hydrogens (primary N) is 2. The summed E-state index contributed by atoms with van der Waals surface area (Å²) in [6.45, 7) is 10.6. The molecule has 2 rings (SSSR count). The average molecular weight is 366 g/mol. The standard InChI is InChI=1S/C22H31N5/c1-3-22(18(2)16-20-7-5-4-6-19(20)8-11-23)26-13-12-25-17-27-14-9-21(24)10-15-27/h3-7,12-13,17,21H,1-2,8-11,14-16,23-24H2/b13-12-,25-17?,26-22?. The fraction of sp³-hybridized carbons (Fsp3) is 0.364. The van der Waals surface area contributed by atoms with Crippen LogP contribution >= 0.6 is 0 Å². The number of benzene rings is 1. The van der Waals surface area contributed by atoms with Crippen LogP contribution in [-0.2, 0) is 12.8 Å². The van der Waals surface area contributed by atoms with Crippen molar-refractivity contribution in [3.8, 4) is 0 Å². The summed E-state index contributed by atoms with van der Waals surface area (Å²) < 4.78 is 0. The van der Waals surface area contributed by atoms with Crippen LogP contribution in [0.1, 0.15) is 24.0 Å². The Labute approximate surface area is 162 Å². The lowest BCUT2D eigenvalue weighted by Crippen LogP contribution is -2.38. The summed E-state index contributed by atoms with van der Waals surface area (Å²) in [5, 5.41) is 0. The van der Waals surface area contributed by atoms with Crippen molar-refractivity contribution >= 4 is 12.1 Å². The van der Waals surface area contributed by atoms with E-state index in [-0.39, 0.29) is 0 Å². The van der Waals surface area contributed by atoms with Gasteiger partial charge in [-0.3, -0.25) is 4.99 Å². The lowest BCUT2D eigenvalue weighted by molar-refractivity contribution is 0.321. The Morgan fingerprint density at radius 2 is 1.89 bits per heavy atom. The highest BCUT2D eigenvalue weighted by atomic mass is 15.2. The van der Waals surface area contributed by atoms with Crippen LogP contribution in [0, 0.1) is 0 Å². The predicted octanol–water partition coefficient (Wildman–Crippen LogP) is 2.84. The SMILES string of the molecule is C=CC(=N/C=C\N=CN1CCC(N)CC1)C(=C)Cc1ccccc1CCN. The van der Waals surface area contributed by atoms with E-state index in [0.29, 0.717) is 12.6 Å². The normalized spacial score (nSPS) is 16.4. The number of rotatable bonds is 9. The van der Waals surface area contributed by atoms with Crippen molar-refractivity contribution in [1.82, 2.24) is 4.90 Å². The molecule has 1 saturated heterocycles. The van der Waals surface area contributed by atoms with Crippen molar-refractivity contribution in [2.45, 2.75) is 31.7 Å². The summed E-state index contributed by atoms with van der Waals surface area (Å²) >= 11 is 0. The van der Waals surface area contributed by atoms with Gasteiger partial charge in [0.25, 0.3) is 0 Å². The highest BCUT2D eigenvalue weighted by Crippen LogP contribution is 2.15. The van der Waals surface area contributed by atoms with E-state index in [2.05, 4.69) is 40.2 Å². The highest BCUT2D eigenvalue weighted by molar-refractivity contribution is 6.08. The number of piperidine rings is 1. The molecule has 0 aliphatic carbocycles. The van der Waals surface area contributed by atoms with E-state index in [1.165, 1.54) is 11.1 Å². The van der Waals surface area contributed by atoms with Gasteiger partial charge < -0.3 is 16.4 Å². The molecule has 0 amide bonds. The van der Waals surface area contributed by atoms with Crippen LogP contribution in [0.25, 0.3) is 0 Å². The second-order valence-corrected chi connectivity index (χ2v) is 6.74. The van der Waals surface area contributed by atoms with Crippen LogP contribution < -0.4 is 11.5 Å². The molecule has 1 aromatic rings. The molecule has 1 fully saturated rings. The van der Waals surface area contributed by atoms with E-state index in [9.17, 15) is 0 Å². The van der Waals surface area contributed by atoms with Gasteiger partial charge in [-0.15, -0.1) is 0 Å². The molecule has 0 unspecified atom stereocenters. The minimum absolute atomic E-state index is 0.325. The number of hydrogen-bond acceptors (Lipinski definition) is 4. The molecular weight excluding hydrogens is 334 g/mol. The zero-order chi connectivity index (χ0) is 19.5. The van der Waals surface area contributed by atoms with Crippen molar-refractivity contribution in [1.29, 1.82) is 0 Å². The zero-order valence-corrected chi connectivity index (χ0v) is 16.1. The number of allylic oxidation sites excluding steroid dienone is 2. The zero-order valence-electron chi connectivity index (χ0n) is 16.1. The topological polar surface area (TPSA) is 80.0 Å². The van der Waals surface area contributed by atoms with E-state index < -0.39 is 0 Å². The van der Waals surface area contributed by atoms with Gasteiger partial charge in [0.05, 0.1) is 12.1 Å². The van der Waals surface area contributed by atoms with Gasteiger partial charge in [0, 0.05) is 31.5 Å². The Bertz CT molecular complexity index is 709. The molecule has 4 N–H and O–H groups in total. The van der Waals surface area contributed by atoms with E-state index in [1.807, 2.05) is 18.5 Å². The smallest absolute Gasteiger partial charge is 0.0905 e. The summed E-state index contributed by atoms with van der Waals surface area (Å²) in [4.78, 5) is 10.9. The first-order valence-corrected chi connectivity index (χ1v) is 9.47. The summed E-state index contributed by atoms with van der Waals surface area (Å²) in [5.74, 6) is 0. The molecule has 0 bridgehead atoms. The third-order valence-corrected chi connectivity index (χ3v) is 4.66. The molecule has 0 spiro atoms. The maximum atomic E-state index is 5.90. The first kappa shape index (κ1) is 20.8. The van der Waals surface area contributed by atoms with Crippen LogP contribution in [0.4, 0.5) is 0 Å². The Hall–Kier alpha value is -2.50. The lowest BCUT2D eigenvalue weighted by Gasteiger charge is -2.27. The lowest BCUT2D eigenvalue weighted by atomic mass is 9.96. The second kappa shape index (κ2) is 11.3. The number of nitrogens with zero attached hydrogens (tertiary/aromatic N) is 3. The highest BCUT2D eigenvalue weighted by Gasteiger charge is 2.12. The molecule has 0 radical (unpaired) electrons. The van der Waals surface area contributed by atoms with E-state index in [1.54, 1.807) is 18.5 Å². The van der Waals surface area contributed by atoms with Crippen molar-refractivity contribution in [2.24, 2.45) is 21.5 Å². The van der Waals surface area contributed by atoms with Gasteiger partial charge in [-0.1, -0.05) is 37.4 Å². The van der Waals surface area contributed by atoms with E-state index >= 15 is 0 Å². The van der Waals surface area contributed by atoms with Gasteiger partial charge in [-0.2, -0.15) is 0 Å². The molecule has 27 heavy (non-hydrogen) atoms. The Morgan fingerprint density at radius 3 is 2.56 bits per heavy atom. The predicted molar refractivity (Wildman–Crippen MR) is 116 cm³/mol. The largest absolute Gasteiger partial charge is 0.362 e. The van der Waals surface area contributed by atoms with Gasteiger partial charge in [0.1, 0.15) is 0 Å². The first-order chi connectivity index (χ1) is 13.1. The molecule has 144 valence electrons. The van der Waals surface area contributed by atoms with Crippen LogP contribution in [0.5, 0.6) is 0 Å². The Kier molecular flexibility index (Phi) is 8.68. The van der Waals surface area contributed by atoms with Crippen LogP contribution in [0.3, 0.4) is 0 Å². The van der Waals surface area contributed by atoms with Gasteiger partial charge in [0.2, 0.25) is 0 Å². The van der Waals surface area contributed by atoms with Crippen molar-refractivity contribution < 1.29 is 0 Å². The molecule has 0 atom stereocenters. The molecule has 5 nitrogen and oxygen atoms in total. The van der Waals surface area contributed by atoms with Gasteiger partial charge >= 0.3 is 0 Å². The first-order valence-electron chi connectivity index (χ1n) is 9.47. The quantitative estimate of drug-likeness (QED) is 0.522. The van der Waals surface area contributed by atoms with Crippen LogP contribution in [-0.4, -0.2) is 42.6 Å². The molecule has 1 aromatic carbocycles. The van der Waals surface area contributed by atoms with Crippen molar-refractivity contribution in [3.63, 3.8) is 0 Å². The summed E-state index contributed by atoms with van der Waals surface area (Å²) in [6, 6.07) is 8.63. The van der Waals surface area contributed by atoms with E-state index in [4.69, 9.17) is 11.5 Å². The maximum Gasteiger partial charge on any atom is 0.0905 e. The fourth-order valence-corrected chi connectivity index (χ4v) is 3.06. The van der Waals surface area contributed by atoms with Crippen LogP contribution in [0.15, 0.2) is 71.5 Å². The third-order valence-electron chi connectivity index (χ3n) is 4.66. The Balaban J connectivity index is 1.93. The van der Waals surface area contributed by atoms with Gasteiger partial charge in [-0.25, -0.2) is 4.99 Å². The maximum absolute atomic E-state index is 5.90. The molecule has 1 heterocycles. The van der Waals surface area contributed by atoms with Crippen molar-refractivity contribution in [2.75, 3.05) is 19.6 Å². The fourth-order valence-electron chi connectivity index (χ4n) is 3.06. The monoisotopic (exact) mass is 365 g/mol. The molecular formula is C22H31N5. The molecule has 1 aliphatic rings. The van der Waals surface area contributed by atoms with Crippen LogP contribution in [0.2, 0.25) is 0 Å². The third kappa shape index (κ3) is 6.96. The number of hydrogen-bond donors (Lipinski definition) is 2. The minimum atomic E-state index is 0.325. The second-order valence-electron chi connectivity index (χ2n) is 6.74. The summed E-state index contributed by atoms with van der Waals surface area (Å²) in [7, 11) is 0.